The van der Waals surface area contributed by atoms with Crippen LogP contribution in [0, 0.1) is 0 Å². The van der Waals surface area contributed by atoms with Gasteiger partial charge in [-0.25, -0.2) is 0 Å². The molecule has 0 aliphatic rings. The number of hydrogen-bond donors (Lipinski definition) is 0. The Hall–Kier alpha value is -2.35. The molecular weight excluding hydrogens is 354 g/mol. The Morgan fingerprint density at radius 2 is 1.17 bits per heavy atom. The second kappa shape index (κ2) is 15.6. The van der Waals surface area contributed by atoms with Crippen LogP contribution < -0.4 is 4.74 Å². The van der Waals surface area contributed by atoms with E-state index in [0.717, 1.165) is 24.3 Å². The molecule has 1 aromatic carbocycles. The van der Waals surface area contributed by atoms with Crippen molar-refractivity contribution in [2.24, 2.45) is 0 Å². The summed E-state index contributed by atoms with van der Waals surface area (Å²) in [5.74, 6) is 0.963. The summed E-state index contributed by atoms with van der Waals surface area (Å²) in [6.07, 6.45) is 25.4. The van der Waals surface area contributed by atoms with E-state index in [1.54, 1.807) is 12.4 Å². The van der Waals surface area contributed by atoms with Crippen LogP contribution in [0.25, 0.3) is 12.2 Å². The molecule has 156 valence electrons. The summed E-state index contributed by atoms with van der Waals surface area (Å²) in [7, 11) is 0. The van der Waals surface area contributed by atoms with Gasteiger partial charge >= 0.3 is 0 Å². The van der Waals surface area contributed by atoms with Crippen molar-refractivity contribution in [3.63, 3.8) is 0 Å². The third-order valence-corrected chi connectivity index (χ3v) is 5.04. The third-order valence-electron chi connectivity index (χ3n) is 5.04. The van der Waals surface area contributed by atoms with Crippen molar-refractivity contribution < 1.29 is 4.74 Å². The van der Waals surface area contributed by atoms with Crippen LogP contribution in [0.3, 0.4) is 0 Å². The van der Waals surface area contributed by atoms with Crippen LogP contribution in [-0.4, -0.2) is 11.6 Å². The van der Waals surface area contributed by atoms with E-state index in [9.17, 15) is 0 Å². The number of hydrogen-bond acceptors (Lipinski definition) is 2. The van der Waals surface area contributed by atoms with Gasteiger partial charge in [0.15, 0.2) is 0 Å². The lowest BCUT2D eigenvalue weighted by Gasteiger charge is -2.06. The smallest absolute Gasteiger partial charge is 0.119 e. The van der Waals surface area contributed by atoms with Crippen LogP contribution in [0.1, 0.15) is 82.3 Å². The summed E-state index contributed by atoms with van der Waals surface area (Å²) in [4.78, 5) is 4.02. The minimum absolute atomic E-state index is 0.820. The second-order valence-electron chi connectivity index (χ2n) is 7.60. The zero-order valence-electron chi connectivity index (χ0n) is 18.1. The van der Waals surface area contributed by atoms with E-state index in [-0.39, 0.29) is 0 Å². The van der Waals surface area contributed by atoms with E-state index in [1.807, 2.05) is 18.2 Å². The molecule has 1 aromatic heterocycles. The van der Waals surface area contributed by atoms with Gasteiger partial charge in [0.05, 0.1) is 6.61 Å². The first kappa shape index (κ1) is 22.9. The predicted molar refractivity (Wildman–Crippen MR) is 126 cm³/mol. The van der Waals surface area contributed by atoms with E-state index in [4.69, 9.17) is 4.74 Å². The number of benzene rings is 1. The number of unbranched alkanes of at least 4 members (excludes halogenated alkanes) is 9. The van der Waals surface area contributed by atoms with Crippen LogP contribution in [0.15, 0.2) is 60.9 Å². The quantitative estimate of drug-likeness (QED) is 0.226. The van der Waals surface area contributed by atoms with E-state index in [2.05, 4.69) is 54.4 Å². The molecule has 0 fully saturated rings. The Bertz CT molecular complexity index is 688. The van der Waals surface area contributed by atoms with Crippen LogP contribution >= 0.6 is 0 Å². The third kappa shape index (κ3) is 11.3. The van der Waals surface area contributed by atoms with Crippen molar-refractivity contribution in [1.82, 2.24) is 4.98 Å². The molecule has 29 heavy (non-hydrogen) atoms. The predicted octanol–water partition coefficient (Wildman–Crippen LogP) is 8.11. The molecule has 0 atom stereocenters. The molecule has 0 spiro atoms. The number of ether oxygens (including phenoxy) is 1. The van der Waals surface area contributed by atoms with Gasteiger partial charge in [0.1, 0.15) is 5.75 Å². The Morgan fingerprint density at radius 1 is 0.655 bits per heavy atom. The summed E-state index contributed by atoms with van der Waals surface area (Å²) >= 11 is 0. The van der Waals surface area contributed by atoms with Crippen molar-refractivity contribution in [2.45, 2.75) is 71.1 Å². The van der Waals surface area contributed by atoms with Gasteiger partial charge in [-0.2, -0.15) is 0 Å². The maximum absolute atomic E-state index is 5.87. The number of aromatic nitrogens is 1. The molecule has 0 bridgehead atoms. The van der Waals surface area contributed by atoms with Crippen molar-refractivity contribution in [1.29, 1.82) is 0 Å². The zero-order valence-corrected chi connectivity index (χ0v) is 18.1. The van der Waals surface area contributed by atoms with Gasteiger partial charge in [-0.15, -0.1) is 0 Å². The molecule has 0 radical (unpaired) electrons. The fourth-order valence-corrected chi connectivity index (χ4v) is 3.26. The SMILES string of the molecule is CCCCCCCCCCCCOc1ccc(/C=C/C=C/c2ccncc2)cc1. The molecule has 0 saturated heterocycles. The molecule has 0 amide bonds. The normalized spacial score (nSPS) is 11.5. The molecule has 2 aromatic rings. The first-order valence-electron chi connectivity index (χ1n) is 11.4. The average molecular weight is 392 g/mol. The molecule has 0 unspecified atom stereocenters. The van der Waals surface area contributed by atoms with Gasteiger partial charge in [-0.3, -0.25) is 4.98 Å². The lowest BCUT2D eigenvalue weighted by Crippen LogP contribution is -1.97. The van der Waals surface area contributed by atoms with Gasteiger partial charge in [-0.05, 0) is 41.8 Å². The average Bonchev–Trinajstić information content (AvgIpc) is 2.77. The summed E-state index contributed by atoms with van der Waals surface area (Å²) in [6.45, 7) is 3.10. The fraction of sp³-hybridized carbons (Fsp3) is 0.444. The van der Waals surface area contributed by atoms with Gasteiger partial charge in [0.2, 0.25) is 0 Å². The molecule has 0 aliphatic carbocycles. The summed E-state index contributed by atoms with van der Waals surface area (Å²) in [5.41, 5.74) is 2.33. The monoisotopic (exact) mass is 391 g/mol. The molecule has 2 nitrogen and oxygen atoms in total. The van der Waals surface area contributed by atoms with E-state index >= 15 is 0 Å². The molecular formula is C27H37NO. The van der Waals surface area contributed by atoms with E-state index in [0.29, 0.717) is 0 Å². The maximum Gasteiger partial charge on any atom is 0.119 e. The van der Waals surface area contributed by atoms with Crippen molar-refractivity contribution in [3.05, 3.63) is 72.1 Å². The lowest BCUT2D eigenvalue weighted by molar-refractivity contribution is 0.304. The second-order valence-corrected chi connectivity index (χ2v) is 7.60. The van der Waals surface area contributed by atoms with E-state index in [1.165, 1.54) is 63.4 Å². The molecule has 2 heteroatoms. The summed E-state index contributed by atoms with van der Waals surface area (Å²) in [5, 5.41) is 0. The number of pyridine rings is 1. The largest absolute Gasteiger partial charge is 0.494 e. The van der Waals surface area contributed by atoms with Crippen molar-refractivity contribution in [2.75, 3.05) is 6.61 Å². The first-order chi connectivity index (χ1) is 14.4. The molecule has 1 heterocycles. The van der Waals surface area contributed by atoms with Gasteiger partial charge < -0.3 is 4.74 Å². The Morgan fingerprint density at radius 3 is 1.76 bits per heavy atom. The van der Waals surface area contributed by atoms with Gasteiger partial charge in [0, 0.05) is 12.4 Å². The topological polar surface area (TPSA) is 22.1 Å². The summed E-state index contributed by atoms with van der Waals surface area (Å²) < 4.78 is 5.87. The summed E-state index contributed by atoms with van der Waals surface area (Å²) in [6, 6.07) is 12.3. The number of allylic oxidation sites excluding steroid dienone is 2. The number of rotatable bonds is 15. The molecule has 0 saturated carbocycles. The highest BCUT2D eigenvalue weighted by atomic mass is 16.5. The van der Waals surface area contributed by atoms with Crippen LogP contribution in [0.4, 0.5) is 0 Å². The minimum Gasteiger partial charge on any atom is -0.494 e. The highest BCUT2D eigenvalue weighted by Gasteiger charge is 1.95. The van der Waals surface area contributed by atoms with Crippen molar-refractivity contribution >= 4 is 12.2 Å². The fourth-order valence-electron chi connectivity index (χ4n) is 3.26. The Labute approximate surface area is 177 Å². The van der Waals surface area contributed by atoms with Crippen LogP contribution in [0.2, 0.25) is 0 Å². The minimum atomic E-state index is 0.820. The van der Waals surface area contributed by atoms with Gasteiger partial charge in [0.25, 0.3) is 0 Å². The van der Waals surface area contributed by atoms with Crippen molar-refractivity contribution in [3.8, 4) is 5.75 Å². The molecule has 0 N–H and O–H groups in total. The molecule has 0 aliphatic heterocycles. The highest BCUT2D eigenvalue weighted by Crippen LogP contribution is 2.15. The zero-order chi connectivity index (χ0) is 20.4. The standard InChI is InChI=1S/C27H37NO/c1-2-3-4-5-6-7-8-9-10-13-24-29-27-18-16-25(17-19-27)14-11-12-15-26-20-22-28-23-21-26/h11-12,14-23H,2-10,13,24H2,1H3/b14-11+,15-12+. The van der Waals surface area contributed by atoms with Crippen LogP contribution in [0.5, 0.6) is 5.75 Å². The highest BCUT2D eigenvalue weighted by molar-refractivity contribution is 5.57. The van der Waals surface area contributed by atoms with E-state index < -0.39 is 0 Å². The Kier molecular flexibility index (Phi) is 12.3. The lowest BCUT2D eigenvalue weighted by atomic mass is 10.1. The Balaban J connectivity index is 1.53. The maximum atomic E-state index is 5.87. The van der Waals surface area contributed by atoms with Crippen LogP contribution in [-0.2, 0) is 0 Å². The number of nitrogens with zero attached hydrogens (tertiary/aromatic N) is 1. The first-order valence-corrected chi connectivity index (χ1v) is 11.4. The molecule has 2 rings (SSSR count). The van der Waals surface area contributed by atoms with Gasteiger partial charge in [-0.1, -0.05) is 101 Å².